The number of rotatable bonds is 0. The Bertz CT molecular complexity index is 450. The normalized spacial score (nSPS) is 20.1. The molecule has 0 radical (unpaired) electrons. The maximum Gasteiger partial charge on any atom is 0.230 e. The van der Waals surface area contributed by atoms with E-state index in [0.29, 0.717) is 22.3 Å². The second kappa shape index (κ2) is 4.05. The number of nitrogens with zero attached hydrogens (tertiary/aromatic N) is 1. The highest BCUT2D eigenvalue weighted by Crippen LogP contribution is 2.39. The first-order valence-electron chi connectivity index (χ1n) is 4.91. The molecule has 1 amide bonds. The summed E-state index contributed by atoms with van der Waals surface area (Å²) in [6.45, 7) is 1.82. The number of carbonyl (C=O) groups excluding carboxylic acids is 1. The third kappa shape index (κ3) is 1.91. The minimum absolute atomic E-state index is 0.0799. The van der Waals surface area contributed by atoms with Gasteiger partial charge in [-0.15, -0.1) is 0 Å². The first-order chi connectivity index (χ1) is 7.49. The zero-order valence-electron chi connectivity index (χ0n) is 8.96. The molecule has 0 aliphatic carbocycles. The summed E-state index contributed by atoms with van der Waals surface area (Å²) in [7, 11) is 1.62. The third-order valence-electron chi connectivity index (χ3n) is 2.51. The van der Waals surface area contributed by atoms with E-state index in [1.807, 2.05) is 6.92 Å². The summed E-state index contributed by atoms with van der Waals surface area (Å²) in [5.41, 5.74) is 0.459. The molecule has 1 atom stereocenters. The summed E-state index contributed by atoms with van der Waals surface area (Å²) >= 11 is 3.24. The van der Waals surface area contributed by atoms with E-state index < -0.39 is 5.82 Å². The molecule has 0 spiro atoms. The van der Waals surface area contributed by atoms with Crippen molar-refractivity contribution in [1.29, 1.82) is 0 Å². The van der Waals surface area contributed by atoms with Crippen LogP contribution >= 0.6 is 15.9 Å². The Balaban J connectivity index is 2.59. The van der Waals surface area contributed by atoms with Crippen LogP contribution in [0.15, 0.2) is 16.6 Å². The number of anilines is 1. The van der Waals surface area contributed by atoms with Gasteiger partial charge >= 0.3 is 0 Å². The lowest BCUT2D eigenvalue weighted by atomic mass is 10.2. The van der Waals surface area contributed by atoms with Crippen LogP contribution in [0.3, 0.4) is 0 Å². The van der Waals surface area contributed by atoms with Crippen LogP contribution in [0, 0.1) is 5.82 Å². The highest BCUT2D eigenvalue weighted by atomic mass is 79.9. The number of ether oxygens (including phenoxy) is 1. The van der Waals surface area contributed by atoms with Crippen LogP contribution in [0.5, 0.6) is 5.75 Å². The van der Waals surface area contributed by atoms with Crippen LogP contribution in [0.2, 0.25) is 0 Å². The number of hydrogen-bond acceptors (Lipinski definition) is 2. The Kier molecular flexibility index (Phi) is 2.88. The van der Waals surface area contributed by atoms with Crippen molar-refractivity contribution in [2.45, 2.75) is 19.4 Å². The van der Waals surface area contributed by atoms with Crippen molar-refractivity contribution in [2.24, 2.45) is 0 Å². The summed E-state index contributed by atoms with van der Waals surface area (Å²) < 4.78 is 19.4. The van der Waals surface area contributed by atoms with E-state index in [-0.39, 0.29) is 12.0 Å². The molecule has 1 aromatic carbocycles. The lowest BCUT2D eigenvalue weighted by Gasteiger charge is -2.17. The van der Waals surface area contributed by atoms with Crippen molar-refractivity contribution in [1.82, 2.24) is 0 Å². The first-order valence-corrected chi connectivity index (χ1v) is 5.70. The van der Waals surface area contributed by atoms with Gasteiger partial charge in [0.25, 0.3) is 0 Å². The number of halogens is 2. The lowest BCUT2D eigenvalue weighted by molar-refractivity contribution is -0.119. The quantitative estimate of drug-likeness (QED) is 0.734. The smallest absolute Gasteiger partial charge is 0.230 e. The number of amides is 1. The van der Waals surface area contributed by atoms with E-state index in [1.165, 1.54) is 17.0 Å². The summed E-state index contributed by atoms with van der Waals surface area (Å²) in [5.74, 6) is 0.0365. The largest absolute Gasteiger partial charge is 0.487 e. The highest BCUT2D eigenvalue weighted by molar-refractivity contribution is 9.10. The van der Waals surface area contributed by atoms with Gasteiger partial charge in [-0.2, -0.15) is 0 Å². The molecule has 1 heterocycles. The molecule has 5 heteroatoms. The molecule has 3 nitrogen and oxygen atoms in total. The summed E-state index contributed by atoms with van der Waals surface area (Å²) in [4.78, 5) is 13.1. The Morgan fingerprint density at radius 1 is 1.56 bits per heavy atom. The zero-order valence-corrected chi connectivity index (χ0v) is 10.5. The molecule has 86 valence electrons. The topological polar surface area (TPSA) is 29.5 Å². The van der Waals surface area contributed by atoms with E-state index in [2.05, 4.69) is 15.9 Å². The fourth-order valence-electron chi connectivity index (χ4n) is 1.67. The van der Waals surface area contributed by atoms with E-state index in [0.717, 1.165) is 0 Å². The predicted octanol–water partition coefficient (Wildman–Crippen LogP) is 2.72. The van der Waals surface area contributed by atoms with Crippen molar-refractivity contribution < 1.29 is 13.9 Å². The van der Waals surface area contributed by atoms with Crippen LogP contribution in [0.25, 0.3) is 0 Å². The lowest BCUT2D eigenvalue weighted by Crippen LogP contribution is -2.27. The van der Waals surface area contributed by atoms with Gasteiger partial charge in [-0.25, -0.2) is 4.39 Å². The van der Waals surface area contributed by atoms with Gasteiger partial charge in [-0.05, 0) is 28.9 Å². The average Bonchev–Trinajstić information content (AvgIpc) is 2.29. The fraction of sp³-hybridized carbons (Fsp3) is 0.364. The molecule has 0 N–H and O–H groups in total. The monoisotopic (exact) mass is 287 g/mol. The van der Waals surface area contributed by atoms with Crippen molar-refractivity contribution in [2.75, 3.05) is 11.9 Å². The third-order valence-corrected chi connectivity index (χ3v) is 3.09. The number of carbonyl (C=O) groups is 1. The molecule has 1 aliphatic rings. The highest BCUT2D eigenvalue weighted by Gasteiger charge is 2.26. The number of fused-ring (bicyclic) bond motifs is 1. The van der Waals surface area contributed by atoms with E-state index >= 15 is 0 Å². The zero-order chi connectivity index (χ0) is 11.9. The standard InChI is InChI=1S/C11H11BrFNO2/c1-6-3-10(15)14(2)9-5-7(13)4-8(12)11(9)16-6/h4-6H,3H2,1-2H3. The molecule has 1 aromatic rings. The summed E-state index contributed by atoms with van der Waals surface area (Å²) in [6.07, 6.45) is 0.0807. The molecule has 1 aliphatic heterocycles. The minimum Gasteiger partial charge on any atom is -0.487 e. The average molecular weight is 288 g/mol. The second-order valence-electron chi connectivity index (χ2n) is 3.82. The number of hydrogen-bond donors (Lipinski definition) is 0. The van der Waals surface area contributed by atoms with Gasteiger partial charge in [0.2, 0.25) is 5.91 Å². The van der Waals surface area contributed by atoms with Crippen LogP contribution in [-0.4, -0.2) is 19.1 Å². The van der Waals surface area contributed by atoms with Gasteiger partial charge in [-0.1, -0.05) is 0 Å². The van der Waals surface area contributed by atoms with Gasteiger partial charge in [-0.3, -0.25) is 4.79 Å². The molecule has 0 fully saturated rings. The first kappa shape index (κ1) is 11.4. The van der Waals surface area contributed by atoms with Crippen LogP contribution in [0.4, 0.5) is 10.1 Å². The Morgan fingerprint density at radius 2 is 2.25 bits per heavy atom. The molecule has 0 aromatic heterocycles. The van der Waals surface area contributed by atoms with Crippen LogP contribution < -0.4 is 9.64 Å². The SMILES string of the molecule is CC1CC(=O)N(C)c2cc(F)cc(Br)c2O1. The van der Waals surface area contributed by atoms with Crippen LogP contribution in [-0.2, 0) is 4.79 Å². The van der Waals surface area contributed by atoms with Crippen molar-refractivity contribution >= 4 is 27.5 Å². The van der Waals surface area contributed by atoms with E-state index in [4.69, 9.17) is 4.74 Å². The molecule has 2 rings (SSSR count). The fourth-order valence-corrected chi connectivity index (χ4v) is 2.19. The molecular formula is C11H11BrFNO2. The predicted molar refractivity (Wildman–Crippen MR) is 62.2 cm³/mol. The van der Waals surface area contributed by atoms with Gasteiger partial charge in [0, 0.05) is 13.1 Å². The van der Waals surface area contributed by atoms with Gasteiger partial charge in [0.15, 0.2) is 5.75 Å². The van der Waals surface area contributed by atoms with E-state index in [9.17, 15) is 9.18 Å². The Hall–Kier alpha value is -1.10. The molecule has 0 saturated carbocycles. The van der Waals surface area contributed by atoms with Crippen molar-refractivity contribution in [3.63, 3.8) is 0 Å². The van der Waals surface area contributed by atoms with E-state index in [1.54, 1.807) is 7.05 Å². The van der Waals surface area contributed by atoms with Crippen molar-refractivity contribution in [3.8, 4) is 5.75 Å². The maximum absolute atomic E-state index is 13.3. The summed E-state index contributed by atoms with van der Waals surface area (Å²) in [6, 6.07) is 2.63. The molecule has 1 unspecified atom stereocenters. The van der Waals surface area contributed by atoms with Crippen LogP contribution in [0.1, 0.15) is 13.3 Å². The van der Waals surface area contributed by atoms with Gasteiger partial charge in [0.1, 0.15) is 11.9 Å². The molecule has 0 bridgehead atoms. The Morgan fingerprint density at radius 3 is 2.94 bits per heavy atom. The minimum atomic E-state index is -0.400. The number of benzene rings is 1. The van der Waals surface area contributed by atoms with Crippen molar-refractivity contribution in [3.05, 3.63) is 22.4 Å². The molecule has 16 heavy (non-hydrogen) atoms. The summed E-state index contributed by atoms with van der Waals surface area (Å²) in [5, 5.41) is 0. The molecule has 0 saturated heterocycles. The van der Waals surface area contributed by atoms with Gasteiger partial charge < -0.3 is 9.64 Å². The second-order valence-corrected chi connectivity index (χ2v) is 4.68. The van der Waals surface area contributed by atoms with Gasteiger partial charge in [0.05, 0.1) is 16.6 Å². The maximum atomic E-state index is 13.3. The Labute approximate surface area is 101 Å². The molecular weight excluding hydrogens is 277 g/mol.